The van der Waals surface area contributed by atoms with E-state index in [0.29, 0.717) is 0 Å². The topological polar surface area (TPSA) is 52.6 Å². The summed E-state index contributed by atoms with van der Waals surface area (Å²) in [7, 11) is 0. The highest BCUT2D eigenvalue weighted by atomic mass is 35.5. The van der Waals surface area contributed by atoms with E-state index in [1.165, 1.54) is 6.92 Å². The molecular weight excluding hydrogens is 220 g/mol. The summed E-state index contributed by atoms with van der Waals surface area (Å²) in [5.41, 5.74) is 0. The minimum Gasteiger partial charge on any atom is -0.435 e. The zero-order chi connectivity index (χ0) is 11.9. The largest absolute Gasteiger partial charge is 0.435 e. The number of carbonyl (C=O) groups is 2. The highest BCUT2D eigenvalue weighted by Gasteiger charge is 2.49. The van der Waals surface area contributed by atoms with Crippen molar-refractivity contribution >= 4 is 23.5 Å². The van der Waals surface area contributed by atoms with Gasteiger partial charge in [0.05, 0.1) is 12.5 Å². The number of rotatable bonds is 3. The van der Waals surface area contributed by atoms with Crippen LogP contribution in [0.3, 0.4) is 0 Å². The second-order valence-corrected chi connectivity index (χ2v) is 3.54. The molecule has 0 aromatic carbocycles. The van der Waals surface area contributed by atoms with Crippen molar-refractivity contribution < 1.29 is 19.1 Å². The first-order valence-electron chi connectivity index (χ1n) is 4.25. The highest BCUT2D eigenvalue weighted by Crippen LogP contribution is 2.43. The third kappa shape index (κ3) is 5.91. The van der Waals surface area contributed by atoms with Crippen molar-refractivity contribution in [2.45, 2.75) is 24.6 Å². The summed E-state index contributed by atoms with van der Waals surface area (Å²) < 4.78 is 8.63. The van der Waals surface area contributed by atoms with Gasteiger partial charge in [-0.25, -0.2) is 4.79 Å². The highest BCUT2D eigenvalue weighted by molar-refractivity contribution is 6.36. The van der Waals surface area contributed by atoms with Crippen molar-refractivity contribution in [1.29, 1.82) is 0 Å². The predicted octanol–water partition coefficient (Wildman–Crippen LogP) is 2.14. The maximum absolute atomic E-state index is 10.7. The fourth-order valence-corrected chi connectivity index (χ4v) is 0.752. The van der Waals surface area contributed by atoms with E-state index in [9.17, 15) is 9.59 Å². The lowest BCUT2D eigenvalue weighted by molar-refractivity contribution is -0.138. The molecule has 0 aromatic rings. The Bertz CT molecular complexity index is 269. The van der Waals surface area contributed by atoms with Gasteiger partial charge in [-0.05, 0) is 12.8 Å². The average Bonchev–Trinajstić information content (AvgIpc) is 2.86. The minimum absolute atomic E-state index is 0.329. The smallest absolute Gasteiger partial charge is 0.331 e. The van der Waals surface area contributed by atoms with Crippen molar-refractivity contribution in [2.24, 2.45) is 0 Å². The van der Waals surface area contributed by atoms with Crippen LogP contribution >= 0.6 is 11.6 Å². The molecule has 84 valence electrons. The van der Waals surface area contributed by atoms with Crippen molar-refractivity contribution in [3.8, 4) is 0 Å². The summed E-state index contributed by atoms with van der Waals surface area (Å²) in [5, 5.41) is 0. The van der Waals surface area contributed by atoms with Crippen LogP contribution in [0.15, 0.2) is 25.7 Å². The Morgan fingerprint density at radius 1 is 1.27 bits per heavy atom. The Kier molecular flexibility index (Phi) is 5.70. The van der Waals surface area contributed by atoms with Crippen molar-refractivity contribution in [1.82, 2.24) is 0 Å². The molecule has 0 atom stereocenters. The number of esters is 2. The van der Waals surface area contributed by atoms with E-state index < -0.39 is 4.87 Å². The number of hydrogen-bond acceptors (Lipinski definition) is 4. The van der Waals surface area contributed by atoms with Gasteiger partial charge in [0.15, 0.2) is 0 Å². The van der Waals surface area contributed by atoms with Crippen molar-refractivity contribution in [3.63, 3.8) is 0 Å². The van der Waals surface area contributed by atoms with Crippen molar-refractivity contribution in [2.75, 3.05) is 0 Å². The van der Waals surface area contributed by atoms with E-state index >= 15 is 0 Å². The molecule has 1 aliphatic carbocycles. The molecule has 1 rings (SSSR count). The molecule has 0 spiro atoms. The maximum atomic E-state index is 10.7. The van der Waals surface area contributed by atoms with Gasteiger partial charge in [0.25, 0.3) is 0 Å². The molecule has 0 aromatic heterocycles. The number of halogens is 1. The molecule has 5 heteroatoms. The van der Waals surface area contributed by atoms with E-state index in [1.54, 1.807) is 0 Å². The van der Waals surface area contributed by atoms with Crippen LogP contribution in [0.4, 0.5) is 0 Å². The zero-order valence-corrected chi connectivity index (χ0v) is 9.25. The van der Waals surface area contributed by atoms with E-state index in [2.05, 4.69) is 22.6 Å². The van der Waals surface area contributed by atoms with Crippen LogP contribution in [-0.4, -0.2) is 16.8 Å². The molecule has 1 fully saturated rings. The second kappa shape index (κ2) is 6.24. The van der Waals surface area contributed by atoms with E-state index in [-0.39, 0.29) is 11.9 Å². The molecule has 1 aliphatic rings. The van der Waals surface area contributed by atoms with E-state index in [4.69, 9.17) is 11.6 Å². The third-order valence-electron chi connectivity index (χ3n) is 1.49. The lowest BCUT2D eigenvalue weighted by atomic mass is 10.4. The summed E-state index contributed by atoms with van der Waals surface area (Å²) in [6, 6.07) is 0. The summed E-state index contributed by atoms with van der Waals surface area (Å²) in [4.78, 5) is 19.8. The van der Waals surface area contributed by atoms with Gasteiger partial charge in [-0.15, -0.1) is 11.6 Å². The fraction of sp³-hybridized carbons (Fsp3) is 0.400. The number of alkyl halides is 1. The molecular formula is C10H13ClO4. The molecule has 0 amide bonds. The Morgan fingerprint density at radius 2 is 1.73 bits per heavy atom. The second-order valence-electron chi connectivity index (χ2n) is 2.81. The van der Waals surface area contributed by atoms with Gasteiger partial charge in [-0.3, -0.25) is 4.79 Å². The van der Waals surface area contributed by atoms with Gasteiger partial charge in [0.1, 0.15) is 4.87 Å². The zero-order valence-electron chi connectivity index (χ0n) is 8.49. The van der Waals surface area contributed by atoms with Gasteiger partial charge >= 0.3 is 11.9 Å². The van der Waals surface area contributed by atoms with E-state index in [0.717, 1.165) is 25.4 Å². The normalized spacial score (nSPS) is 15.1. The average molecular weight is 233 g/mol. The van der Waals surface area contributed by atoms with Gasteiger partial charge in [0, 0.05) is 6.92 Å². The van der Waals surface area contributed by atoms with Crippen LogP contribution in [0.25, 0.3) is 0 Å². The lowest BCUT2D eigenvalue weighted by Gasteiger charge is -2.00. The van der Waals surface area contributed by atoms with Crippen LogP contribution in [0.5, 0.6) is 0 Å². The number of ether oxygens (including phenoxy) is 2. The maximum Gasteiger partial charge on any atom is 0.331 e. The van der Waals surface area contributed by atoms with Crippen LogP contribution < -0.4 is 0 Å². The van der Waals surface area contributed by atoms with Crippen LogP contribution in [-0.2, 0) is 19.1 Å². The van der Waals surface area contributed by atoms with Gasteiger partial charge < -0.3 is 9.47 Å². The Labute approximate surface area is 93.5 Å². The first-order valence-corrected chi connectivity index (χ1v) is 4.63. The van der Waals surface area contributed by atoms with Crippen LogP contribution in [0, 0.1) is 0 Å². The first-order chi connectivity index (χ1) is 6.96. The molecule has 0 saturated heterocycles. The van der Waals surface area contributed by atoms with Gasteiger partial charge in [0.2, 0.25) is 0 Å². The first kappa shape index (κ1) is 13.7. The molecule has 0 unspecified atom stereocenters. The number of carbonyl (C=O) groups excluding carboxylic acids is 2. The fourth-order valence-electron chi connectivity index (χ4n) is 0.613. The summed E-state index contributed by atoms with van der Waals surface area (Å²) in [5.74, 6) is -0.704. The molecule has 0 heterocycles. The van der Waals surface area contributed by atoms with Gasteiger partial charge in [-0.1, -0.05) is 13.2 Å². The molecule has 1 saturated carbocycles. The number of hydrogen-bond donors (Lipinski definition) is 0. The third-order valence-corrected chi connectivity index (χ3v) is 2.03. The summed E-state index contributed by atoms with van der Waals surface area (Å²) >= 11 is 5.65. The Morgan fingerprint density at radius 3 is 1.93 bits per heavy atom. The molecule has 0 bridgehead atoms. The SMILES string of the molecule is C=COC(=O)C1(Cl)CC1.C=COC(C)=O. The monoisotopic (exact) mass is 232 g/mol. The standard InChI is InChI=1S/C6H7ClO2.C4H6O2/c1-2-9-5(8)6(7)3-4-6;1-3-6-4(2)5/h2H,1,3-4H2;3H,1H2,2H3. The van der Waals surface area contributed by atoms with E-state index in [1.807, 2.05) is 0 Å². The Balaban J connectivity index is 0.000000288. The van der Waals surface area contributed by atoms with Crippen molar-refractivity contribution in [3.05, 3.63) is 25.7 Å². The molecule has 15 heavy (non-hydrogen) atoms. The quantitative estimate of drug-likeness (QED) is 0.425. The summed E-state index contributed by atoms with van der Waals surface area (Å²) in [6.07, 6.45) is 3.65. The molecule has 0 radical (unpaired) electrons. The molecule has 4 nitrogen and oxygen atoms in total. The van der Waals surface area contributed by atoms with Gasteiger partial charge in [-0.2, -0.15) is 0 Å². The van der Waals surface area contributed by atoms with Crippen LogP contribution in [0.2, 0.25) is 0 Å². The minimum atomic E-state index is -0.700. The Hall–Kier alpha value is -1.29. The summed E-state index contributed by atoms with van der Waals surface area (Å²) in [6.45, 7) is 7.72. The molecule has 0 aliphatic heterocycles. The molecule has 0 N–H and O–H groups in total. The predicted molar refractivity (Wildman–Crippen MR) is 56.1 cm³/mol. The lowest BCUT2D eigenvalue weighted by Crippen LogP contribution is -2.15. The van der Waals surface area contributed by atoms with Crippen LogP contribution in [0.1, 0.15) is 19.8 Å².